The van der Waals surface area contributed by atoms with E-state index in [1.165, 1.54) is 0 Å². The van der Waals surface area contributed by atoms with Crippen molar-refractivity contribution in [1.82, 2.24) is 9.55 Å². The van der Waals surface area contributed by atoms with Crippen LogP contribution in [0.3, 0.4) is 0 Å². The Hall–Kier alpha value is -4.01. The topological polar surface area (TPSA) is 126 Å². The first kappa shape index (κ1) is 30.4. The van der Waals surface area contributed by atoms with Crippen LogP contribution in [0.15, 0.2) is 77.1 Å². The van der Waals surface area contributed by atoms with E-state index in [1.807, 2.05) is 89.2 Å². The maximum absolute atomic E-state index is 14.3. The summed E-state index contributed by atoms with van der Waals surface area (Å²) in [5.41, 5.74) is 7.40. The number of aryl methyl sites for hydroxylation is 3. The van der Waals surface area contributed by atoms with Crippen LogP contribution in [0, 0.1) is 20.8 Å². The SMILES string of the molecule is COC1=CC(c2cc3ccccc3n2C(=O)CC(C)(C)c2c(C)cccc2COP(=O)(O)O)=N/C1=C/c1[nH]c(C)cc1C. The number of aromatic nitrogens is 2. The standard InChI is InChI=1S/C33H36N3O6P/c1-20-10-9-12-24(19-42-43(38,39)40)32(20)33(4,5)18-31(37)36-28-13-8-7-11-23(28)15-29(36)26-17-30(41-6)27(35-26)16-25-21(2)14-22(3)34-25/h7-17,34H,18-19H2,1-6H3,(H2,38,39,40)/b27-16+. The number of benzene rings is 2. The number of H-pyrrole nitrogens is 1. The van der Waals surface area contributed by atoms with Gasteiger partial charge in [-0.05, 0) is 72.7 Å². The van der Waals surface area contributed by atoms with E-state index in [1.54, 1.807) is 17.7 Å². The molecule has 3 N–H and O–H groups in total. The maximum atomic E-state index is 14.3. The highest BCUT2D eigenvalue weighted by Crippen LogP contribution is 2.40. The van der Waals surface area contributed by atoms with Gasteiger partial charge in [-0.3, -0.25) is 13.9 Å². The Morgan fingerprint density at radius 3 is 2.49 bits per heavy atom. The molecule has 0 aliphatic carbocycles. The summed E-state index contributed by atoms with van der Waals surface area (Å²) in [5, 5.41) is 0.901. The summed E-state index contributed by atoms with van der Waals surface area (Å²) in [4.78, 5) is 41.1. The van der Waals surface area contributed by atoms with Crippen LogP contribution < -0.4 is 0 Å². The van der Waals surface area contributed by atoms with Crippen molar-refractivity contribution in [3.05, 3.63) is 111 Å². The molecular weight excluding hydrogens is 565 g/mol. The number of fused-ring (bicyclic) bond motifs is 1. The molecule has 0 saturated heterocycles. The predicted octanol–water partition coefficient (Wildman–Crippen LogP) is 6.89. The number of ether oxygens (including phenoxy) is 1. The van der Waals surface area contributed by atoms with Gasteiger partial charge in [-0.1, -0.05) is 50.2 Å². The number of nitrogens with one attached hydrogen (secondary N) is 1. The second kappa shape index (κ2) is 11.6. The molecule has 0 bridgehead atoms. The van der Waals surface area contributed by atoms with Gasteiger partial charge >= 0.3 is 7.82 Å². The Kier molecular flexibility index (Phi) is 8.20. The zero-order valence-electron chi connectivity index (χ0n) is 25.1. The van der Waals surface area contributed by atoms with Crippen LogP contribution in [0.5, 0.6) is 0 Å². The highest BCUT2D eigenvalue weighted by Gasteiger charge is 2.32. The Morgan fingerprint density at radius 1 is 1.07 bits per heavy atom. The third-order valence-electron chi connectivity index (χ3n) is 7.69. The molecule has 10 heteroatoms. The summed E-state index contributed by atoms with van der Waals surface area (Å²) < 4.78 is 23.7. The quantitative estimate of drug-likeness (QED) is 0.180. The highest BCUT2D eigenvalue weighted by atomic mass is 31.2. The van der Waals surface area contributed by atoms with Gasteiger partial charge in [0.2, 0.25) is 5.91 Å². The van der Waals surface area contributed by atoms with Crippen molar-refractivity contribution in [1.29, 1.82) is 0 Å². The molecule has 0 atom stereocenters. The van der Waals surface area contributed by atoms with E-state index >= 15 is 0 Å². The lowest BCUT2D eigenvalue weighted by atomic mass is 9.76. The van der Waals surface area contributed by atoms with Gasteiger partial charge in [-0.25, -0.2) is 9.56 Å². The number of phosphoric acid groups is 1. The monoisotopic (exact) mass is 601 g/mol. The zero-order chi connectivity index (χ0) is 31.1. The summed E-state index contributed by atoms with van der Waals surface area (Å²) >= 11 is 0. The van der Waals surface area contributed by atoms with Crippen LogP contribution >= 0.6 is 7.82 Å². The van der Waals surface area contributed by atoms with E-state index in [2.05, 4.69) is 11.1 Å². The minimum atomic E-state index is -4.68. The minimum absolute atomic E-state index is 0.115. The first-order chi connectivity index (χ1) is 20.3. The van der Waals surface area contributed by atoms with Crippen molar-refractivity contribution in [3.63, 3.8) is 0 Å². The fraction of sp³-hybridized carbons (Fsp3) is 0.273. The number of hydrogen-bond donors (Lipinski definition) is 3. The molecule has 224 valence electrons. The third-order valence-corrected chi connectivity index (χ3v) is 8.16. The Labute approximate surface area is 250 Å². The molecule has 2 aromatic heterocycles. The van der Waals surface area contributed by atoms with Crippen molar-refractivity contribution in [2.24, 2.45) is 4.99 Å². The molecule has 0 fully saturated rings. The summed E-state index contributed by atoms with van der Waals surface area (Å²) in [6, 6.07) is 17.2. The lowest BCUT2D eigenvalue weighted by Crippen LogP contribution is -2.28. The Balaban J connectivity index is 1.56. The Bertz CT molecular complexity index is 1870. The van der Waals surface area contributed by atoms with Crippen molar-refractivity contribution in [2.45, 2.75) is 53.1 Å². The maximum Gasteiger partial charge on any atom is 0.469 e. The van der Waals surface area contributed by atoms with Gasteiger partial charge in [-0.2, -0.15) is 0 Å². The molecule has 5 rings (SSSR count). The second-order valence-electron chi connectivity index (χ2n) is 11.5. The predicted molar refractivity (Wildman–Crippen MR) is 168 cm³/mol. The molecule has 3 heterocycles. The third kappa shape index (κ3) is 6.36. The first-order valence-electron chi connectivity index (χ1n) is 13.9. The molecule has 0 saturated carbocycles. The minimum Gasteiger partial charge on any atom is -0.494 e. The largest absolute Gasteiger partial charge is 0.494 e. The lowest BCUT2D eigenvalue weighted by Gasteiger charge is -2.29. The van der Waals surface area contributed by atoms with Crippen LogP contribution in [-0.2, 0) is 25.8 Å². The number of methoxy groups -OCH3 is 1. The van der Waals surface area contributed by atoms with Gasteiger partial charge in [0.05, 0.1) is 30.6 Å². The fourth-order valence-electron chi connectivity index (χ4n) is 5.98. The van der Waals surface area contributed by atoms with Gasteiger partial charge in [0, 0.05) is 29.3 Å². The van der Waals surface area contributed by atoms with Gasteiger partial charge in [0.15, 0.2) is 0 Å². The number of para-hydroxylation sites is 1. The number of phosphoric ester groups is 1. The van der Waals surface area contributed by atoms with Crippen LogP contribution in [0.2, 0.25) is 0 Å². The molecule has 0 radical (unpaired) electrons. The Morgan fingerprint density at radius 2 is 1.81 bits per heavy atom. The second-order valence-corrected chi connectivity index (χ2v) is 12.8. The smallest absolute Gasteiger partial charge is 0.469 e. The molecule has 2 aromatic carbocycles. The molecule has 0 unspecified atom stereocenters. The van der Waals surface area contributed by atoms with Crippen LogP contribution in [0.25, 0.3) is 17.0 Å². The van der Waals surface area contributed by atoms with Crippen LogP contribution in [-0.4, -0.2) is 38.1 Å². The average Bonchev–Trinajstić information content (AvgIpc) is 3.60. The van der Waals surface area contributed by atoms with Gasteiger partial charge < -0.3 is 19.5 Å². The molecule has 0 amide bonds. The molecular formula is C33H36N3O6P. The van der Waals surface area contributed by atoms with E-state index in [0.717, 1.165) is 39.0 Å². The number of allylic oxidation sites excluding steroid dienone is 1. The molecule has 1 aliphatic rings. The number of nitrogens with zero attached hydrogens (tertiary/aromatic N) is 2. The summed E-state index contributed by atoms with van der Waals surface area (Å²) in [5.74, 6) is 0.454. The van der Waals surface area contributed by atoms with Crippen LogP contribution in [0.4, 0.5) is 0 Å². The van der Waals surface area contributed by atoms with E-state index in [0.29, 0.717) is 28.4 Å². The number of carbonyl (C=O) groups is 1. The summed E-state index contributed by atoms with van der Waals surface area (Å²) in [7, 11) is -3.07. The average molecular weight is 602 g/mol. The summed E-state index contributed by atoms with van der Waals surface area (Å²) in [6.45, 7) is 9.59. The molecule has 4 aromatic rings. The number of hydrogen-bond acceptors (Lipinski definition) is 5. The highest BCUT2D eigenvalue weighted by molar-refractivity contribution is 7.46. The zero-order valence-corrected chi connectivity index (χ0v) is 26.0. The number of aliphatic imine (C=N–C) groups is 1. The van der Waals surface area contributed by atoms with Gasteiger partial charge in [0.25, 0.3) is 0 Å². The van der Waals surface area contributed by atoms with Crippen LogP contribution in [0.1, 0.15) is 64.4 Å². The summed E-state index contributed by atoms with van der Waals surface area (Å²) in [6.07, 6.45) is 3.91. The first-order valence-corrected chi connectivity index (χ1v) is 15.5. The molecule has 43 heavy (non-hydrogen) atoms. The molecule has 0 spiro atoms. The number of rotatable bonds is 9. The van der Waals surface area contributed by atoms with E-state index in [4.69, 9.17) is 14.3 Å². The lowest BCUT2D eigenvalue weighted by molar-refractivity contribution is 0.0880. The van der Waals surface area contributed by atoms with Crippen molar-refractivity contribution in [3.8, 4) is 0 Å². The van der Waals surface area contributed by atoms with Gasteiger partial charge in [0.1, 0.15) is 11.5 Å². The van der Waals surface area contributed by atoms with Crippen molar-refractivity contribution < 1.29 is 28.4 Å². The normalized spacial score (nSPS) is 14.8. The molecule has 9 nitrogen and oxygen atoms in total. The fourth-order valence-corrected chi connectivity index (χ4v) is 6.29. The van der Waals surface area contributed by atoms with E-state index < -0.39 is 13.2 Å². The number of carbonyl (C=O) groups excluding carboxylic acids is 1. The van der Waals surface area contributed by atoms with Gasteiger partial charge in [-0.15, -0.1) is 0 Å². The molecule has 1 aliphatic heterocycles. The van der Waals surface area contributed by atoms with E-state index in [-0.39, 0.29) is 18.9 Å². The van der Waals surface area contributed by atoms with E-state index in [9.17, 15) is 19.1 Å². The number of aromatic amines is 1. The van der Waals surface area contributed by atoms with Crippen molar-refractivity contribution in [2.75, 3.05) is 7.11 Å². The van der Waals surface area contributed by atoms with Crippen molar-refractivity contribution >= 4 is 36.4 Å².